The molecule has 6 nitrogen and oxygen atoms in total. The second-order valence-corrected chi connectivity index (χ2v) is 5.78. The van der Waals surface area contributed by atoms with Crippen molar-refractivity contribution in [3.8, 4) is 5.75 Å². The van der Waals surface area contributed by atoms with E-state index in [0.29, 0.717) is 5.96 Å². The number of nitrogens with zero attached hydrogens (tertiary/aromatic N) is 2. The van der Waals surface area contributed by atoms with Crippen molar-refractivity contribution in [3.05, 3.63) is 29.8 Å². The lowest BCUT2D eigenvalue weighted by atomic mass is 10.1. The highest BCUT2D eigenvalue weighted by atomic mass is 127. The van der Waals surface area contributed by atoms with Crippen LogP contribution in [0.5, 0.6) is 5.75 Å². The molecule has 0 spiro atoms. The second-order valence-electron chi connectivity index (χ2n) is 5.78. The Bertz CT molecular complexity index is 516. The summed E-state index contributed by atoms with van der Waals surface area (Å²) in [5.74, 6) is 1.49. The van der Waals surface area contributed by atoms with Crippen LogP contribution in [0, 0.1) is 0 Å². The van der Waals surface area contributed by atoms with Gasteiger partial charge in [-0.1, -0.05) is 12.1 Å². The number of guanidine groups is 1. The van der Waals surface area contributed by atoms with E-state index in [9.17, 15) is 4.79 Å². The van der Waals surface area contributed by atoms with Crippen LogP contribution < -0.4 is 15.4 Å². The van der Waals surface area contributed by atoms with E-state index in [1.807, 2.05) is 38.1 Å². The van der Waals surface area contributed by atoms with E-state index in [0.717, 1.165) is 18.7 Å². The molecule has 1 aromatic rings. The summed E-state index contributed by atoms with van der Waals surface area (Å²) in [6.45, 7) is 4.95. The number of hydrogen-bond acceptors (Lipinski definition) is 3. The summed E-state index contributed by atoms with van der Waals surface area (Å²) in [6, 6.07) is 8.24. The number of carbonyl (C=O) groups is 1. The Labute approximate surface area is 162 Å². The summed E-state index contributed by atoms with van der Waals surface area (Å²) in [5.41, 5.74) is 1.21. The van der Waals surface area contributed by atoms with Crippen molar-refractivity contribution in [2.75, 3.05) is 34.3 Å². The van der Waals surface area contributed by atoms with Crippen LogP contribution in [-0.2, 0) is 11.2 Å². The standard InChI is InChI=1S/C17H28N4O2.HI/c1-13(2)20-17(19-12-16(22)21(3)4)18-11-10-14-6-8-15(23-5)9-7-14;/h6-9,13H,10-12H2,1-5H3,(H2,18,19,20);1H. The molecule has 136 valence electrons. The van der Waals surface area contributed by atoms with Crippen molar-refractivity contribution in [3.63, 3.8) is 0 Å². The van der Waals surface area contributed by atoms with Gasteiger partial charge in [-0.15, -0.1) is 24.0 Å². The summed E-state index contributed by atoms with van der Waals surface area (Å²) in [7, 11) is 5.11. The Morgan fingerprint density at radius 1 is 1.25 bits per heavy atom. The average Bonchev–Trinajstić information content (AvgIpc) is 2.52. The molecule has 0 aliphatic rings. The zero-order chi connectivity index (χ0) is 17.2. The summed E-state index contributed by atoms with van der Waals surface area (Å²) in [6.07, 6.45) is 0.865. The summed E-state index contributed by atoms with van der Waals surface area (Å²) >= 11 is 0. The van der Waals surface area contributed by atoms with Gasteiger partial charge < -0.3 is 20.3 Å². The molecule has 2 N–H and O–H groups in total. The van der Waals surface area contributed by atoms with Gasteiger partial charge >= 0.3 is 0 Å². The zero-order valence-electron chi connectivity index (χ0n) is 15.1. The average molecular weight is 448 g/mol. The molecule has 0 aliphatic heterocycles. The number of hydrogen-bond donors (Lipinski definition) is 2. The number of halogens is 1. The first-order valence-electron chi connectivity index (χ1n) is 7.80. The van der Waals surface area contributed by atoms with E-state index in [-0.39, 0.29) is 42.5 Å². The first-order valence-corrected chi connectivity index (χ1v) is 7.80. The molecule has 0 aromatic heterocycles. The molecule has 0 atom stereocenters. The van der Waals surface area contributed by atoms with Crippen molar-refractivity contribution in [2.45, 2.75) is 26.3 Å². The van der Waals surface area contributed by atoms with Gasteiger partial charge in [0.05, 0.1) is 7.11 Å². The predicted octanol–water partition coefficient (Wildman–Crippen LogP) is 1.89. The van der Waals surface area contributed by atoms with Crippen molar-refractivity contribution < 1.29 is 9.53 Å². The normalized spacial score (nSPS) is 10.8. The minimum atomic E-state index is -0.0231. The SMILES string of the molecule is COc1ccc(CCNC(=NCC(=O)N(C)C)NC(C)C)cc1.I. The molecule has 1 rings (SSSR count). The lowest BCUT2D eigenvalue weighted by Gasteiger charge is -2.16. The molecule has 7 heteroatoms. The molecule has 0 saturated carbocycles. The molecule has 1 amide bonds. The molecule has 1 aromatic carbocycles. The van der Waals surface area contributed by atoms with Gasteiger partial charge in [-0.05, 0) is 38.0 Å². The molecular weight excluding hydrogens is 419 g/mol. The molecule has 0 radical (unpaired) electrons. The number of likely N-dealkylation sites (N-methyl/N-ethyl adjacent to an activating group) is 1. The Morgan fingerprint density at radius 3 is 2.38 bits per heavy atom. The van der Waals surface area contributed by atoms with Gasteiger partial charge in [-0.3, -0.25) is 4.79 Å². The summed E-state index contributed by atoms with van der Waals surface area (Å²) in [4.78, 5) is 17.5. The van der Waals surface area contributed by atoms with Crippen molar-refractivity contribution in [1.82, 2.24) is 15.5 Å². The van der Waals surface area contributed by atoms with Crippen LogP contribution in [0.15, 0.2) is 29.3 Å². The van der Waals surface area contributed by atoms with Crippen molar-refractivity contribution in [2.24, 2.45) is 4.99 Å². The third-order valence-corrected chi connectivity index (χ3v) is 3.16. The Kier molecular flexibility index (Phi) is 11.2. The van der Waals surface area contributed by atoms with Crippen LogP contribution in [0.2, 0.25) is 0 Å². The van der Waals surface area contributed by atoms with Gasteiger partial charge in [0.15, 0.2) is 5.96 Å². The first kappa shape index (κ1) is 22.5. The fourth-order valence-corrected chi connectivity index (χ4v) is 1.83. The van der Waals surface area contributed by atoms with E-state index < -0.39 is 0 Å². The van der Waals surface area contributed by atoms with Crippen LogP contribution in [0.1, 0.15) is 19.4 Å². The quantitative estimate of drug-likeness (QED) is 0.380. The zero-order valence-corrected chi connectivity index (χ0v) is 17.5. The van der Waals surface area contributed by atoms with Gasteiger partial charge in [0.25, 0.3) is 0 Å². The maximum Gasteiger partial charge on any atom is 0.243 e. The van der Waals surface area contributed by atoms with Gasteiger partial charge in [-0.2, -0.15) is 0 Å². The molecule has 24 heavy (non-hydrogen) atoms. The van der Waals surface area contributed by atoms with Crippen molar-refractivity contribution in [1.29, 1.82) is 0 Å². The Hall–Kier alpha value is -1.51. The number of carbonyl (C=O) groups excluding carboxylic acids is 1. The van der Waals surface area contributed by atoms with Crippen LogP contribution in [0.4, 0.5) is 0 Å². The van der Waals surface area contributed by atoms with Crippen molar-refractivity contribution >= 4 is 35.8 Å². The first-order chi connectivity index (χ1) is 10.9. The molecular formula is C17H29IN4O2. The van der Waals surface area contributed by atoms with E-state index in [4.69, 9.17) is 4.74 Å². The molecule has 0 aliphatic carbocycles. The maximum atomic E-state index is 11.6. The maximum absolute atomic E-state index is 11.6. The van der Waals surface area contributed by atoms with Gasteiger partial charge in [-0.25, -0.2) is 4.99 Å². The number of ether oxygens (including phenoxy) is 1. The summed E-state index contributed by atoms with van der Waals surface area (Å²) < 4.78 is 5.15. The lowest BCUT2D eigenvalue weighted by molar-refractivity contribution is -0.127. The molecule has 0 fully saturated rings. The third kappa shape index (κ3) is 8.95. The Morgan fingerprint density at radius 2 is 1.88 bits per heavy atom. The number of methoxy groups -OCH3 is 1. The minimum absolute atomic E-state index is 0. The van der Waals surface area contributed by atoms with E-state index in [2.05, 4.69) is 15.6 Å². The molecule has 0 heterocycles. The third-order valence-electron chi connectivity index (χ3n) is 3.16. The predicted molar refractivity (Wildman–Crippen MR) is 109 cm³/mol. The highest BCUT2D eigenvalue weighted by molar-refractivity contribution is 14.0. The van der Waals surface area contributed by atoms with Crippen LogP contribution >= 0.6 is 24.0 Å². The second kappa shape index (κ2) is 11.9. The number of nitrogens with one attached hydrogen (secondary N) is 2. The lowest BCUT2D eigenvalue weighted by Crippen LogP contribution is -2.42. The summed E-state index contributed by atoms with van der Waals surface area (Å²) in [5, 5.41) is 6.49. The van der Waals surface area contributed by atoms with Gasteiger partial charge in [0.2, 0.25) is 5.91 Å². The van der Waals surface area contributed by atoms with Crippen LogP contribution in [0.25, 0.3) is 0 Å². The molecule has 0 saturated heterocycles. The minimum Gasteiger partial charge on any atom is -0.497 e. The molecule has 0 bridgehead atoms. The van der Waals surface area contributed by atoms with E-state index in [1.54, 1.807) is 21.2 Å². The fraction of sp³-hybridized carbons (Fsp3) is 0.529. The largest absolute Gasteiger partial charge is 0.497 e. The van der Waals surface area contributed by atoms with Crippen LogP contribution in [0.3, 0.4) is 0 Å². The molecule has 0 unspecified atom stereocenters. The monoisotopic (exact) mass is 448 g/mol. The van der Waals surface area contributed by atoms with Gasteiger partial charge in [0.1, 0.15) is 12.3 Å². The fourth-order valence-electron chi connectivity index (χ4n) is 1.83. The van der Waals surface area contributed by atoms with Crippen LogP contribution in [-0.4, -0.2) is 57.1 Å². The highest BCUT2D eigenvalue weighted by Crippen LogP contribution is 2.11. The Balaban J connectivity index is 0.00000529. The van der Waals surface area contributed by atoms with E-state index >= 15 is 0 Å². The number of rotatable bonds is 7. The van der Waals surface area contributed by atoms with Gasteiger partial charge in [0, 0.05) is 26.7 Å². The smallest absolute Gasteiger partial charge is 0.243 e. The number of aliphatic imine (C=N–C) groups is 1. The number of amides is 1. The number of benzene rings is 1. The highest BCUT2D eigenvalue weighted by Gasteiger charge is 2.05. The van der Waals surface area contributed by atoms with E-state index in [1.165, 1.54) is 10.5 Å². The topological polar surface area (TPSA) is 66.0 Å².